The largest absolute Gasteiger partial charge is 0.415 e. The van der Waals surface area contributed by atoms with E-state index in [1.807, 2.05) is 43.0 Å². The molecule has 58 heavy (non-hydrogen) atoms. The summed E-state index contributed by atoms with van der Waals surface area (Å²) >= 11 is 0. The Kier molecular flexibility index (Phi) is 14.8. The molecular weight excluding hydrogens is 743 g/mol. The van der Waals surface area contributed by atoms with Gasteiger partial charge in [0.15, 0.2) is 0 Å². The number of carbonyl (C=O) groups is 6. The maximum absolute atomic E-state index is 13.4. The first-order valence-electron chi connectivity index (χ1n) is 20.7. The monoisotopic (exact) mass is 803 g/mol. The maximum Gasteiger partial charge on any atom is 0.415 e. The first-order chi connectivity index (χ1) is 27.7. The summed E-state index contributed by atoms with van der Waals surface area (Å²) in [4.78, 5) is 84.3. The van der Waals surface area contributed by atoms with E-state index in [0.29, 0.717) is 50.5 Å². The predicted octanol–water partition coefficient (Wildman–Crippen LogP) is 5.01. The highest BCUT2D eigenvalue weighted by Gasteiger charge is 2.39. The minimum atomic E-state index is -0.824. The van der Waals surface area contributed by atoms with E-state index < -0.39 is 35.7 Å². The van der Waals surface area contributed by atoms with E-state index in [9.17, 15) is 28.8 Å². The van der Waals surface area contributed by atoms with E-state index in [2.05, 4.69) is 29.8 Å². The molecule has 0 bridgehead atoms. The van der Waals surface area contributed by atoms with Gasteiger partial charge in [0.25, 0.3) is 0 Å². The highest BCUT2D eigenvalue weighted by Crippen LogP contribution is 2.34. The number of nitrogens with one attached hydrogen (secondary N) is 3. The minimum absolute atomic E-state index is 0.0227. The molecule has 3 fully saturated rings. The Bertz CT molecular complexity index is 1790. The molecule has 5 rings (SSSR count). The van der Waals surface area contributed by atoms with Gasteiger partial charge < -0.3 is 39.7 Å². The Hall–Kier alpha value is -5.18. The van der Waals surface area contributed by atoms with E-state index in [-0.39, 0.29) is 48.8 Å². The predicted molar refractivity (Wildman–Crippen MR) is 218 cm³/mol. The number of likely N-dealkylation sites (tertiary alicyclic amines) is 1. The number of nitrogens with zero attached hydrogens (tertiary/aromatic N) is 4. The first-order valence-corrected chi connectivity index (χ1v) is 20.7. The van der Waals surface area contributed by atoms with Crippen molar-refractivity contribution in [1.82, 2.24) is 35.6 Å². The van der Waals surface area contributed by atoms with Crippen LogP contribution < -0.4 is 25.4 Å². The van der Waals surface area contributed by atoms with Crippen molar-refractivity contribution in [2.75, 3.05) is 39.8 Å². The third kappa shape index (κ3) is 10.5. The normalized spacial score (nSPS) is 21.4. The van der Waals surface area contributed by atoms with Gasteiger partial charge in [-0.3, -0.25) is 19.7 Å². The van der Waals surface area contributed by atoms with Crippen LogP contribution in [-0.2, 0) is 19.8 Å². The molecule has 3 N–H and O–H groups in total. The third-order valence-corrected chi connectivity index (χ3v) is 12.0. The number of imide groups is 1. The lowest BCUT2D eigenvalue weighted by Gasteiger charge is -2.36. The lowest BCUT2D eigenvalue weighted by Crippen LogP contribution is -2.58. The topological polar surface area (TPSA) is 170 Å². The van der Waals surface area contributed by atoms with Crippen molar-refractivity contribution in [3.8, 4) is 11.5 Å². The average molecular weight is 804 g/mol. The van der Waals surface area contributed by atoms with E-state index in [1.165, 1.54) is 4.90 Å². The number of fused-ring (bicyclic) bond motifs is 1. The Morgan fingerprint density at radius 2 is 1.53 bits per heavy atom. The molecule has 15 nitrogen and oxygen atoms in total. The smallest absolute Gasteiger partial charge is 0.410 e. The van der Waals surface area contributed by atoms with Gasteiger partial charge in [0.1, 0.15) is 17.5 Å². The van der Waals surface area contributed by atoms with Crippen LogP contribution in [-0.4, -0.2) is 126 Å². The van der Waals surface area contributed by atoms with Gasteiger partial charge in [-0.25, -0.2) is 14.4 Å². The zero-order valence-electron chi connectivity index (χ0n) is 35.0. The second-order valence-corrected chi connectivity index (χ2v) is 16.1. The molecule has 316 valence electrons. The quantitative estimate of drug-likeness (QED) is 0.267. The Balaban J connectivity index is 1.15. The third-order valence-electron chi connectivity index (χ3n) is 12.0. The van der Waals surface area contributed by atoms with Gasteiger partial charge in [-0.2, -0.15) is 0 Å². The van der Waals surface area contributed by atoms with Crippen LogP contribution in [0.4, 0.5) is 14.4 Å². The fraction of sp³-hybridized carbons (Fsp3) is 0.581. The molecule has 0 radical (unpaired) electrons. The summed E-state index contributed by atoms with van der Waals surface area (Å²) in [5.41, 5.74) is 1.50. The highest BCUT2D eigenvalue weighted by atomic mass is 16.6. The van der Waals surface area contributed by atoms with Crippen LogP contribution >= 0.6 is 0 Å². The zero-order chi connectivity index (χ0) is 42.1. The van der Waals surface area contributed by atoms with Gasteiger partial charge in [0.2, 0.25) is 17.7 Å². The average Bonchev–Trinajstić information content (AvgIpc) is 3.84. The molecule has 5 atom stereocenters. The van der Waals surface area contributed by atoms with Crippen molar-refractivity contribution in [2.45, 2.75) is 122 Å². The van der Waals surface area contributed by atoms with E-state index in [4.69, 9.17) is 9.47 Å². The number of amides is 7. The molecule has 3 saturated heterocycles. The van der Waals surface area contributed by atoms with Crippen molar-refractivity contribution in [1.29, 1.82) is 0 Å². The van der Waals surface area contributed by atoms with Crippen LogP contribution in [0.2, 0.25) is 0 Å². The summed E-state index contributed by atoms with van der Waals surface area (Å²) in [5, 5.41) is 8.14. The summed E-state index contributed by atoms with van der Waals surface area (Å²) in [6, 6.07) is 12.8. The molecule has 0 aromatic heterocycles. The van der Waals surface area contributed by atoms with E-state index >= 15 is 0 Å². The number of ether oxygens (including phenoxy) is 2. The summed E-state index contributed by atoms with van der Waals surface area (Å²) in [7, 11) is 1.66. The Labute approximate surface area is 342 Å². The number of likely N-dealkylation sites (N-methyl/N-ethyl adjacent to an activating group) is 1. The molecule has 7 amide bonds. The van der Waals surface area contributed by atoms with Crippen molar-refractivity contribution in [3.05, 3.63) is 59.7 Å². The highest BCUT2D eigenvalue weighted by molar-refractivity contribution is 5.97. The minimum Gasteiger partial charge on any atom is -0.410 e. The van der Waals surface area contributed by atoms with Gasteiger partial charge in [0.05, 0.1) is 12.6 Å². The van der Waals surface area contributed by atoms with Gasteiger partial charge in [-0.15, -0.1) is 0 Å². The fourth-order valence-corrected chi connectivity index (χ4v) is 8.08. The van der Waals surface area contributed by atoms with Crippen LogP contribution in [0.3, 0.4) is 0 Å². The van der Waals surface area contributed by atoms with E-state index in [1.54, 1.807) is 55.0 Å². The van der Waals surface area contributed by atoms with Crippen molar-refractivity contribution in [2.24, 2.45) is 0 Å². The molecular formula is C43H61N7O8. The number of urea groups is 1. The Morgan fingerprint density at radius 3 is 2.14 bits per heavy atom. The summed E-state index contributed by atoms with van der Waals surface area (Å²) in [6.07, 6.45) is 3.77. The molecule has 3 aliphatic rings. The van der Waals surface area contributed by atoms with E-state index in [0.717, 1.165) is 36.8 Å². The van der Waals surface area contributed by atoms with Gasteiger partial charge >= 0.3 is 18.2 Å². The molecule has 15 heteroatoms. The first kappa shape index (κ1) is 43.9. The van der Waals surface area contributed by atoms with Crippen molar-refractivity contribution in [3.63, 3.8) is 0 Å². The zero-order valence-corrected chi connectivity index (χ0v) is 35.0. The second-order valence-electron chi connectivity index (χ2n) is 16.1. The molecule has 0 aliphatic carbocycles. The molecule has 2 aromatic carbocycles. The number of hydrogen-bond donors (Lipinski definition) is 3. The number of rotatable bonds is 12. The van der Waals surface area contributed by atoms with Crippen LogP contribution in [0.15, 0.2) is 48.5 Å². The fourth-order valence-electron chi connectivity index (χ4n) is 8.08. The molecule has 3 heterocycles. The van der Waals surface area contributed by atoms with Gasteiger partial charge in [0, 0.05) is 56.1 Å². The molecule has 0 saturated carbocycles. The van der Waals surface area contributed by atoms with Gasteiger partial charge in [-0.1, -0.05) is 45.0 Å². The standard InChI is InChI=1S/C43H61N7O8/c1-8-37(51)45-36-27-48(26-22-32-11-10-24-49(32)39(36)53)42(56)58-35-20-15-31(16-21-35)43(5,6)30-13-18-34(19-14-30)57-41(55)47(9-2)25-23-33-17-12-28(3)50(33)40(54)46-38(52)29(4)44-7/h13-16,18-21,28-29,32-33,36,44H,8-12,17,22-27H2,1-7H3,(H,45,51)(H,46,52,54)/t28?,29?,32-,33-,36+/m1/s1. The summed E-state index contributed by atoms with van der Waals surface area (Å²) in [5.74, 6) is -0.0108. The Morgan fingerprint density at radius 1 is 0.897 bits per heavy atom. The van der Waals surface area contributed by atoms with Crippen LogP contribution in [0.5, 0.6) is 11.5 Å². The number of carbonyl (C=O) groups excluding carboxylic acids is 6. The second kappa shape index (κ2) is 19.5. The maximum atomic E-state index is 13.4. The molecule has 0 spiro atoms. The number of hydrogen-bond acceptors (Lipinski definition) is 9. The molecule has 2 aromatic rings. The lowest BCUT2D eigenvalue weighted by molar-refractivity contribution is -0.138. The van der Waals surface area contributed by atoms with Crippen molar-refractivity contribution >= 4 is 35.9 Å². The van der Waals surface area contributed by atoms with Crippen LogP contribution in [0, 0.1) is 0 Å². The summed E-state index contributed by atoms with van der Waals surface area (Å²) < 4.78 is 11.6. The number of benzene rings is 2. The molecule has 2 unspecified atom stereocenters. The van der Waals surface area contributed by atoms with Crippen molar-refractivity contribution < 1.29 is 38.2 Å². The van der Waals surface area contributed by atoms with Crippen LogP contribution in [0.25, 0.3) is 0 Å². The van der Waals surface area contributed by atoms with Gasteiger partial charge in [-0.05, 0) is 102 Å². The van der Waals surface area contributed by atoms with Crippen LogP contribution in [0.1, 0.15) is 97.6 Å². The summed E-state index contributed by atoms with van der Waals surface area (Å²) in [6.45, 7) is 13.4. The lowest BCUT2D eigenvalue weighted by atomic mass is 9.78. The SMILES string of the molecule is CCC(=O)N[C@H]1CN(C(=O)Oc2ccc(C(C)(C)c3ccc(OC(=O)N(CC)CC[C@H]4CCC(C)N4C(=O)NC(=O)C(C)NC)cc3)cc2)CC[C@H]2CCCN2C1=O. The molecule has 3 aliphatic heterocycles.